The molecular weight excluding hydrogens is 352 g/mol. The third-order valence-corrected chi connectivity index (χ3v) is 4.93. The first kappa shape index (κ1) is 16.7. The molecule has 2 rings (SSSR count). The van der Waals surface area contributed by atoms with E-state index in [0.29, 0.717) is 5.02 Å². The van der Waals surface area contributed by atoms with Crippen LogP contribution in [0.15, 0.2) is 53.4 Å². The molecule has 0 N–H and O–H groups in total. The lowest BCUT2D eigenvalue weighted by Gasteiger charge is -2.23. The van der Waals surface area contributed by atoms with E-state index in [1.54, 1.807) is 0 Å². The molecule has 0 amide bonds. The smallest absolute Gasteiger partial charge is 0.264 e. The fraction of sp³-hybridized carbons (Fsp3) is 0.0714. The molecule has 0 saturated heterocycles. The molecule has 0 aromatic heterocycles. The summed E-state index contributed by atoms with van der Waals surface area (Å²) in [5.74, 6) is -0.629. The van der Waals surface area contributed by atoms with Crippen LogP contribution >= 0.6 is 23.2 Å². The van der Waals surface area contributed by atoms with E-state index < -0.39 is 27.6 Å². The highest BCUT2D eigenvalue weighted by molar-refractivity contribution is 7.92. The Hall–Kier alpha value is -1.63. The van der Waals surface area contributed by atoms with Gasteiger partial charge in [-0.25, -0.2) is 12.8 Å². The van der Waals surface area contributed by atoms with Gasteiger partial charge in [0.25, 0.3) is 10.0 Å². The van der Waals surface area contributed by atoms with E-state index in [1.165, 1.54) is 42.5 Å². The number of benzene rings is 2. The molecule has 0 atom stereocenters. The van der Waals surface area contributed by atoms with Crippen LogP contribution in [0.3, 0.4) is 0 Å². The van der Waals surface area contributed by atoms with Gasteiger partial charge in [0.2, 0.25) is 5.24 Å². The second kappa shape index (κ2) is 6.64. The van der Waals surface area contributed by atoms with Gasteiger partial charge in [-0.05, 0) is 54.1 Å². The molecule has 0 aliphatic carbocycles. The molecule has 0 heterocycles. The van der Waals surface area contributed by atoms with Crippen molar-refractivity contribution in [1.29, 1.82) is 0 Å². The van der Waals surface area contributed by atoms with Crippen molar-refractivity contribution in [1.82, 2.24) is 0 Å². The van der Waals surface area contributed by atoms with Gasteiger partial charge in [0.1, 0.15) is 12.4 Å². The monoisotopic (exact) mass is 361 g/mol. The van der Waals surface area contributed by atoms with Crippen molar-refractivity contribution in [2.24, 2.45) is 0 Å². The average molecular weight is 362 g/mol. The number of sulfonamides is 1. The number of hydrogen-bond acceptors (Lipinski definition) is 3. The maximum Gasteiger partial charge on any atom is 0.264 e. The lowest BCUT2D eigenvalue weighted by atomic mass is 10.3. The van der Waals surface area contributed by atoms with Gasteiger partial charge in [0.15, 0.2) is 0 Å². The molecule has 2 aromatic rings. The summed E-state index contributed by atoms with van der Waals surface area (Å²) in [7, 11) is -4.08. The van der Waals surface area contributed by atoms with E-state index in [0.717, 1.165) is 10.4 Å². The number of carbonyl (C=O) groups is 1. The molecule has 0 spiro atoms. The molecular formula is C14H10Cl2FNO3S. The lowest BCUT2D eigenvalue weighted by Crippen LogP contribution is -2.34. The predicted molar refractivity (Wildman–Crippen MR) is 83.2 cm³/mol. The van der Waals surface area contributed by atoms with E-state index in [1.807, 2.05) is 0 Å². The third kappa shape index (κ3) is 3.76. The fourth-order valence-electron chi connectivity index (χ4n) is 1.79. The molecule has 22 heavy (non-hydrogen) atoms. The van der Waals surface area contributed by atoms with Crippen LogP contribution in [0.25, 0.3) is 0 Å². The summed E-state index contributed by atoms with van der Waals surface area (Å²) in [4.78, 5) is 11.1. The quantitative estimate of drug-likeness (QED) is 0.766. The Morgan fingerprint density at radius 3 is 2.32 bits per heavy atom. The predicted octanol–water partition coefficient (Wildman–Crippen LogP) is 3.44. The first-order chi connectivity index (χ1) is 10.3. The normalized spacial score (nSPS) is 11.2. The number of anilines is 1. The van der Waals surface area contributed by atoms with Gasteiger partial charge in [0, 0.05) is 5.02 Å². The van der Waals surface area contributed by atoms with Gasteiger partial charge in [-0.3, -0.25) is 9.10 Å². The number of nitrogens with zero attached hydrogens (tertiary/aromatic N) is 1. The van der Waals surface area contributed by atoms with Crippen LogP contribution in [0.1, 0.15) is 0 Å². The first-order valence-electron chi connectivity index (χ1n) is 6.03. The van der Waals surface area contributed by atoms with Crippen LogP contribution < -0.4 is 4.31 Å². The minimum atomic E-state index is -4.08. The summed E-state index contributed by atoms with van der Waals surface area (Å²) >= 11 is 11.1. The van der Waals surface area contributed by atoms with E-state index in [2.05, 4.69) is 0 Å². The molecule has 8 heteroatoms. The SMILES string of the molecule is O=C(Cl)CN(c1cccc(F)c1)S(=O)(=O)c1ccc(Cl)cc1. The standard InChI is InChI=1S/C14H10Cl2FNO3S/c15-10-4-6-13(7-5-10)22(20,21)18(9-14(16)19)12-3-1-2-11(17)8-12/h1-8H,9H2. The second-order valence-corrected chi connectivity index (χ2v) is 7.02. The maximum atomic E-state index is 13.4. The molecule has 0 unspecified atom stereocenters. The summed E-state index contributed by atoms with van der Waals surface area (Å²) in [5.41, 5.74) is 0.00366. The van der Waals surface area contributed by atoms with Gasteiger partial charge < -0.3 is 0 Å². The van der Waals surface area contributed by atoms with Crippen molar-refractivity contribution in [2.45, 2.75) is 4.90 Å². The van der Waals surface area contributed by atoms with Crippen LogP contribution in [0.4, 0.5) is 10.1 Å². The summed E-state index contributed by atoms with van der Waals surface area (Å²) in [6, 6.07) is 10.3. The van der Waals surface area contributed by atoms with Crippen molar-refractivity contribution in [3.8, 4) is 0 Å². The molecule has 0 aliphatic heterocycles. The van der Waals surface area contributed by atoms with Crippen LogP contribution in [0.5, 0.6) is 0 Å². The van der Waals surface area contributed by atoms with Gasteiger partial charge >= 0.3 is 0 Å². The zero-order chi connectivity index (χ0) is 16.3. The largest absolute Gasteiger partial charge is 0.279 e. The molecule has 4 nitrogen and oxygen atoms in total. The zero-order valence-corrected chi connectivity index (χ0v) is 13.4. The van der Waals surface area contributed by atoms with Crippen molar-refractivity contribution < 1.29 is 17.6 Å². The third-order valence-electron chi connectivity index (χ3n) is 2.77. The number of rotatable bonds is 5. The highest BCUT2D eigenvalue weighted by Crippen LogP contribution is 2.25. The Morgan fingerprint density at radius 2 is 1.77 bits per heavy atom. The summed E-state index contributed by atoms with van der Waals surface area (Å²) in [6.07, 6.45) is 0. The lowest BCUT2D eigenvalue weighted by molar-refractivity contribution is -0.110. The van der Waals surface area contributed by atoms with Crippen molar-refractivity contribution >= 4 is 44.2 Å². The second-order valence-electron chi connectivity index (χ2n) is 4.30. The minimum Gasteiger partial charge on any atom is -0.279 e. The van der Waals surface area contributed by atoms with Crippen molar-refractivity contribution in [3.63, 3.8) is 0 Å². The van der Waals surface area contributed by atoms with E-state index in [4.69, 9.17) is 23.2 Å². The van der Waals surface area contributed by atoms with Crippen molar-refractivity contribution in [2.75, 3.05) is 10.8 Å². The average Bonchev–Trinajstić information content (AvgIpc) is 2.45. The number of halogens is 3. The van der Waals surface area contributed by atoms with Gasteiger partial charge in [-0.2, -0.15) is 0 Å². The fourth-order valence-corrected chi connectivity index (χ4v) is 3.52. The first-order valence-corrected chi connectivity index (χ1v) is 8.22. The molecule has 0 saturated carbocycles. The Bertz CT molecular complexity index is 794. The molecule has 116 valence electrons. The molecule has 2 aromatic carbocycles. The van der Waals surface area contributed by atoms with Crippen molar-refractivity contribution in [3.05, 3.63) is 59.4 Å². The van der Waals surface area contributed by atoms with Crippen LogP contribution in [0.2, 0.25) is 5.02 Å². The summed E-state index contributed by atoms with van der Waals surface area (Å²) in [6.45, 7) is -0.615. The van der Waals surface area contributed by atoms with Gasteiger partial charge in [-0.15, -0.1) is 0 Å². The van der Waals surface area contributed by atoms with Crippen LogP contribution in [-0.4, -0.2) is 20.2 Å². The Kier molecular flexibility index (Phi) is 5.05. The zero-order valence-electron chi connectivity index (χ0n) is 11.0. The topological polar surface area (TPSA) is 54.5 Å². The van der Waals surface area contributed by atoms with Gasteiger partial charge in [0.05, 0.1) is 10.6 Å². The molecule has 0 radical (unpaired) electrons. The maximum absolute atomic E-state index is 13.4. The summed E-state index contributed by atoms with van der Waals surface area (Å²) in [5, 5.41) is -0.522. The Balaban J connectivity index is 2.53. The van der Waals surface area contributed by atoms with E-state index in [-0.39, 0.29) is 10.6 Å². The van der Waals surface area contributed by atoms with E-state index in [9.17, 15) is 17.6 Å². The number of hydrogen-bond donors (Lipinski definition) is 0. The minimum absolute atomic E-state index is 0.00366. The molecule has 0 bridgehead atoms. The highest BCUT2D eigenvalue weighted by Gasteiger charge is 2.26. The van der Waals surface area contributed by atoms with Crippen LogP contribution in [-0.2, 0) is 14.8 Å². The molecule has 0 fully saturated rings. The highest BCUT2D eigenvalue weighted by atomic mass is 35.5. The Labute approximate surface area is 137 Å². The van der Waals surface area contributed by atoms with E-state index >= 15 is 0 Å². The van der Waals surface area contributed by atoms with Gasteiger partial charge in [-0.1, -0.05) is 17.7 Å². The van der Waals surface area contributed by atoms with Crippen LogP contribution in [0, 0.1) is 5.82 Å². The Morgan fingerprint density at radius 1 is 1.14 bits per heavy atom. The number of carbonyl (C=O) groups excluding carboxylic acids is 1. The summed E-state index contributed by atoms with van der Waals surface area (Å²) < 4.78 is 39.4. The molecule has 0 aliphatic rings.